The molecule has 1 rings (SSSR count). The van der Waals surface area contributed by atoms with Gasteiger partial charge in [-0.25, -0.2) is 9.59 Å². The molecule has 0 aromatic rings. The fourth-order valence-corrected chi connectivity index (χ4v) is 2.20. The maximum Gasteiger partial charge on any atom is 0.422 e. The summed E-state index contributed by atoms with van der Waals surface area (Å²) in [5.74, 6) is -2.17. The quantitative estimate of drug-likeness (QED) is 0.734. The lowest BCUT2D eigenvalue weighted by atomic mass is 9.64. The lowest BCUT2D eigenvalue weighted by Gasteiger charge is -2.51. The van der Waals surface area contributed by atoms with Crippen LogP contribution in [-0.4, -0.2) is 48.1 Å². The molecule has 1 saturated carbocycles. The molecule has 0 bridgehead atoms. The average molecular weight is 312 g/mol. The third-order valence-electron chi connectivity index (χ3n) is 4.13. The van der Waals surface area contributed by atoms with Crippen LogP contribution in [0.25, 0.3) is 0 Å². The Morgan fingerprint density at radius 2 is 1.86 bits per heavy atom. The van der Waals surface area contributed by atoms with Crippen molar-refractivity contribution in [3.05, 3.63) is 0 Å². The first-order valence-electron chi connectivity index (χ1n) is 6.28. The average Bonchev–Trinajstić information content (AvgIpc) is 2.32. The van der Waals surface area contributed by atoms with E-state index in [0.717, 1.165) is 0 Å². The van der Waals surface area contributed by atoms with Gasteiger partial charge in [-0.3, -0.25) is 0 Å². The van der Waals surface area contributed by atoms with Crippen LogP contribution in [0.15, 0.2) is 0 Å². The molecule has 9 heteroatoms. The molecule has 0 heterocycles. The minimum atomic E-state index is -5.11. The summed E-state index contributed by atoms with van der Waals surface area (Å²) in [5, 5.41) is 12.6. The zero-order chi connectivity index (χ0) is 16.6. The van der Waals surface area contributed by atoms with Gasteiger partial charge in [0.2, 0.25) is 5.54 Å². The van der Waals surface area contributed by atoms with E-state index in [1.54, 1.807) is 13.8 Å². The van der Waals surface area contributed by atoms with Gasteiger partial charge in [-0.05, 0) is 13.3 Å². The maximum absolute atomic E-state index is 12.8. The molecule has 1 aliphatic rings. The van der Waals surface area contributed by atoms with E-state index in [4.69, 9.17) is 9.84 Å². The summed E-state index contributed by atoms with van der Waals surface area (Å²) in [6.07, 6.45) is -4.77. The normalized spacial score (nSPS) is 27.2. The monoisotopic (exact) mass is 312 g/mol. The molecular weight excluding hydrogens is 293 g/mol. The Morgan fingerprint density at radius 1 is 1.33 bits per heavy atom. The molecule has 3 N–H and O–H groups in total. The van der Waals surface area contributed by atoms with Gasteiger partial charge in [-0.15, -0.1) is 0 Å². The number of ether oxygens (including phenoxy) is 1. The molecule has 1 fully saturated rings. The largest absolute Gasteiger partial charge is 0.479 e. The fourth-order valence-electron chi connectivity index (χ4n) is 2.20. The molecule has 0 saturated heterocycles. The Hall–Kier alpha value is -1.51. The van der Waals surface area contributed by atoms with Crippen LogP contribution < -0.4 is 10.6 Å². The van der Waals surface area contributed by atoms with Gasteiger partial charge in [-0.1, -0.05) is 13.8 Å². The summed E-state index contributed by atoms with van der Waals surface area (Å²) in [5.41, 5.74) is -3.78. The van der Waals surface area contributed by atoms with E-state index in [9.17, 15) is 22.8 Å². The van der Waals surface area contributed by atoms with Gasteiger partial charge >= 0.3 is 18.2 Å². The highest BCUT2D eigenvalue weighted by molar-refractivity contribution is 5.87. The molecule has 2 amide bonds. The van der Waals surface area contributed by atoms with E-state index in [2.05, 4.69) is 5.32 Å². The fraction of sp³-hybridized carbons (Fsp3) is 0.833. The maximum atomic E-state index is 12.8. The summed E-state index contributed by atoms with van der Waals surface area (Å²) >= 11 is 0. The van der Waals surface area contributed by atoms with Crippen LogP contribution in [0.3, 0.4) is 0 Å². The van der Waals surface area contributed by atoms with Crippen molar-refractivity contribution in [2.75, 3.05) is 7.11 Å². The molecule has 0 radical (unpaired) electrons. The summed E-state index contributed by atoms with van der Waals surface area (Å²) in [7, 11) is 1.51. The van der Waals surface area contributed by atoms with Gasteiger partial charge in [0, 0.05) is 18.6 Å². The number of hydrogen-bond acceptors (Lipinski definition) is 3. The molecule has 3 unspecified atom stereocenters. The summed E-state index contributed by atoms with van der Waals surface area (Å²) in [4.78, 5) is 22.5. The lowest BCUT2D eigenvalue weighted by Crippen LogP contribution is -2.68. The third kappa shape index (κ3) is 3.07. The molecular formula is C12H19F3N2O4. The number of halogens is 3. The molecule has 21 heavy (non-hydrogen) atoms. The smallest absolute Gasteiger partial charge is 0.422 e. The van der Waals surface area contributed by atoms with E-state index >= 15 is 0 Å². The molecule has 6 nitrogen and oxygen atoms in total. The number of methoxy groups -OCH3 is 1. The van der Waals surface area contributed by atoms with Gasteiger partial charge in [0.05, 0.1) is 6.10 Å². The van der Waals surface area contributed by atoms with Gasteiger partial charge < -0.3 is 20.5 Å². The lowest BCUT2D eigenvalue weighted by molar-refractivity contribution is -0.203. The zero-order valence-corrected chi connectivity index (χ0v) is 12.2. The first kappa shape index (κ1) is 17.5. The van der Waals surface area contributed by atoms with Crippen molar-refractivity contribution in [3.63, 3.8) is 0 Å². The number of carbonyl (C=O) groups excluding carboxylic acids is 1. The summed E-state index contributed by atoms with van der Waals surface area (Å²) in [6, 6.07) is -1.57. The predicted octanol–water partition coefficient (Wildman–Crippen LogP) is 1.50. The number of aliphatic carboxylic acids is 1. The van der Waals surface area contributed by atoms with E-state index in [-0.39, 0.29) is 6.10 Å². The van der Waals surface area contributed by atoms with Crippen molar-refractivity contribution in [3.8, 4) is 0 Å². The third-order valence-corrected chi connectivity index (χ3v) is 4.13. The van der Waals surface area contributed by atoms with Crippen LogP contribution in [0, 0.1) is 5.41 Å². The first-order valence-corrected chi connectivity index (χ1v) is 6.28. The van der Waals surface area contributed by atoms with Gasteiger partial charge in [-0.2, -0.15) is 13.2 Å². The van der Waals surface area contributed by atoms with Crippen LogP contribution in [0.4, 0.5) is 18.0 Å². The molecule has 0 spiro atoms. The SMILES string of the molecule is COC1CC(NC(=O)NC(C)(C(=O)O)C(F)(F)F)C1(C)C. The topological polar surface area (TPSA) is 87.7 Å². The Labute approximate surface area is 120 Å². The van der Waals surface area contributed by atoms with E-state index < -0.39 is 35.2 Å². The van der Waals surface area contributed by atoms with Crippen molar-refractivity contribution in [2.24, 2.45) is 5.41 Å². The van der Waals surface area contributed by atoms with Crippen LogP contribution in [0.1, 0.15) is 27.2 Å². The van der Waals surface area contributed by atoms with E-state index in [1.165, 1.54) is 12.4 Å². The van der Waals surface area contributed by atoms with Crippen molar-refractivity contribution in [1.82, 2.24) is 10.6 Å². The molecule has 3 atom stereocenters. The molecule has 122 valence electrons. The minimum absolute atomic E-state index is 0.115. The highest BCUT2D eigenvalue weighted by atomic mass is 19.4. The van der Waals surface area contributed by atoms with Crippen molar-refractivity contribution in [1.29, 1.82) is 0 Å². The van der Waals surface area contributed by atoms with E-state index in [1.807, 2.05) is 0 Å². The van der Waals surface area contributed by atoms with Crippen LogP contribution >= 0.6 is 0 Å². The number of nitrogens with one attached hydrogen (secondary N) is 2. The second kappa shape index (κ2) is 5.36. The van der Waals surface area contributed by atoms with Gasteiger partial charge in [0.15, 0.2) is 0 Å². The number of rotatable bonds is 4. The Kier molecular flexibility index (Phi) is 4.48. The second-order valence-corrected chi connectivity index (χ2v) is 5.86. The number of urea groups is 1. The predicted molar refractivity (Wildman–Crippen MR) is 66.7 cm³/mol. The van der Waals surface area contributed by atoms with Gasteiger partial charge in [0.25, 0.3) is 0 Å². The Balaban J connectivity index is 2.72. The molecule has 0 aliphatic heterocycles. The van der Waals surface area contributed by atoms with Crippen LogP contribution in [0.5, 0.6) is 0 Å². The van der Waals surface area contributed by atoms with Crippen molar-refractivity contribution in [2.45, 2.75) is 51.1 Å². The summed E-state index contributed by atoms with van der Waals surface area (Å²) < 4.78 is 43.5. The molecule has 0 aromatic heterocycles. The standard InChI is InChI=1S/C12H19F3N2O4/c1-10(2)6(5-7(10)21-4)16-9(20)17-11(3,8(18)19)12(13,14)15/h6-7H,5H2,1-4H3,(H,18,19)(H2,16,17,20). The molecule has 1 aliphatic carbocycles. The summed E-state index contributed by atoms with van der Waals surface area (Å²) in [6.45, 7) is 4.00. The molecule has 0 aromatic carbocycles. The highest BCUT2D eigenvalue weighted by Gasteiger charge is 2.59. The number of carbonyl (C=O) groups is 2. The van der Waals surface area contributed by atoms with Gasteiger partial charge in [0.1, 0.15) is 0 Å². The first-order chi connectivity index (χ1) is 9.36. The van der Waals surface area contributed by atoms with Crippen LogP contribution in [-0.2, 0) is 9.53 Å². The van der Waals surface area contributed by atoms with Crippen LogP contribution in [0.2, 0.25) is 0 Å². The Morgan fingerprint density at radius 3 is 2.19 bits per heavy atom. The number of amides is 2. The number of carboxylic acids is 1. The zero-order valence-electron chi connectivity index (χ0n) is 12.2. The number of alkyl halides is 3. The highest BCUT2D eigenvalue weighted by Crippen LogP contribution is 2.42. The van der Waals surface area contributed by atoms with Crippen molar-refractivity contribution >= 4 is 12.0 Å². The number of hydrogen-bond donors (Lipinski definition) is 3. The minimum Gasteiger partial charge on any atom is -0.479 e. The van der Waals surface area contributed by atoms with E-state index in [0.29, 0.717) is 13.3 Å². The van der Waals surface area contributed by atoms with Crippen molar-refractivity contribution < 1.29 is 32.6 Å². The Bertz CT molecular complexity index is 439. The second-order valence-electron chi connectivity index (χ2n) is 5.86. The number of carboxylic acid groups (broad SMARTS) is 1.